The molecule has 0 spiro atoms. The summed E-state index contributed by atoms with van der Waals surface area (Å²) in [7, 11) is 0. The van der Waals surface area contributed by atoms with E-state index in [1.54, 1.807) is 0 Å². The smallest absolute Gasteiger partial charge is 0.303 e. The first kappa shape index (κ1) is 17.0. The third-order valence-corrected chi connectivity index (χ3v) is 4.33. The van der Waals surface area contributed by atoms with Gasteiger partial charge >= 0.3 is 5.97 Å². The zero-order valence-corrected chi connectivity index (χ0v) is 12.9. The van der Waals surface area contributed by atoms with E-state index in [9.17, 15) is 9.59 Å². The van der Waals surface area contributed by atoms with Crippen molar-refractivity contribution in [1.29, 1.82) is 0 Å². The molecule has 0 aromatic heterocycles. The molecule has 4 heteroatoms. The van der Waals surface area contributed by atoms with Crippen molar-refractivity contribution in [2.45, 2.75) is 65.2 Å². The van der Waals surface area contributed by atoms with E-state index in [1.807, 2.05) is 6.92 Å². The number of aliphatic carboxylic acids is 1. The van der Waals surface area contributed by atoms with Crippen LogP contribution >= 0.6 is 0 Å². The van der Waals surface area contributed by atoms with Crippen LogP contribution in [0.25, 0.3) is 0 Å². The van der Waals surface area contributed by atoms with E-state index in [1.165, 1.54) is 32.1 Å². The van der Waals surface area contributed by atoms with Gasteiger partial charge < -0.3 is 10.4 Å². The van der Waals surface area contributed by atoms with Crippen molar-refractivity contribution >= 4 is 11.9 Å². The maximum absolute atomic E-state index is 12.1. The molecule has 0 aliphatic heterocycles. The second kappa shape index (κ2) is 8.98. The Kier molecular flexibility index (Phi) is 7.63. The fraction of sp³-hybridized carbons (Fsp3) is 0.875. The number of rotatable bonds is 8. The highest BCUT2D eigenvalue weighted by Crippen LogP contribution is 2.31. The lowest BCUT2D eigenvalue weighted by Gasteiger charge is -2.28. The van der Waals surface area contributed by atoms with Crippen molar-refractivity contribution in [3.63, 3.8) is 0 Å². The third kappa shape index (κ3) is 6.40. The number of hydrogen-bond acceptors (Lipinski definition) is 2. The van der Waals surface area contributed by atoms with Crippen LogP contribution in [0.1, 0.15) is 65.2 Å². The largest absolute Gasteiger partial charge is 0.481 e. The van der Waals surface area contributed by atoms with Crippen LogP contribution in [-0.4, -0.2) is 23.5 Å². The van der Waals surface area contributed by atoms with Gasteiger partial charge in [-0.3, -0.25) is 9.59 Å². The van der Waals surface area contributed by atoms with Crippen LogP contribution in [0.15, 0.2) is 0 Å². The maximum atomic E-state index is 12.1. The summed E-state index contributed by atoms with van der Waals surface area (Å²) in [6.07, 6.45) is 8.30. The number of nitrogens with one attached hydrogen (secondary N) is 1. The summed E-state index contributed by atoms with van der Waals surface area (Å²) >= 11 is 0. The Morgan fingerprint density at radius 1 is 1.25 bits per heavy atom. The summed E-state index contributed by atoms with van der Waals surface area (Å²) in [5.74, 6) is 0.270. The van der Waals surface area contributed by atoms with Crippen molar-refractivity contribution in [3.8, 4) is 0 Å². The van der Waals surface area contributed by atoms with Crippen molar-refractivity contribution in [3.05, 3.63) is 0 Å². The maximum Gasteiger partial charge on any atom is 0.303 e. The first-order chi connectivity index (χ1) is 9.52. The Labute approximate surface area is 122 Å². The highest BCUT2D eigenvalue weighted by molar-refractivity contribution is 5.78. The van der Waals surface area contributed by atoms with Crippen molar-refractivity contribution in [2.24, 2.45) is 17.8 Å². The van der Waals surface area contributed by atoms with Gasteiger partial charge in [-0.1, -0.05) is 33.1 Å². The Balaban J connectivity index is 2.20. The van der Waals surface area contributed by atoms with Gasteiger partial charge in [-0.25, -0.2) is 0 Å². The third-order valence-electron chi connectivity index (χ3n) is 4.33. The van der Waals surface area contributed by atoms with Gasteiger partial charge in [0, 0.05) is 18.9 Å². The average molecular weight is 283 g/mol. The van der Waals surface area contributed by atoms with Crippen LogP contribution in [-0.2, 0) is 9.59 Å². The normalized spacial score (nSPS) is 24.1. The van der Waals surface area contributed by atoms with Crippen molar-refractivity contribution < 1.29 is 14.7 Å². The minimum atomic E-state index is -0.803. The van der Waals surface area contributed by atoms with E-state index in [0.29, 0.717) is 6.54 Å². The molecule has 0 saturated heterocycles. The molecule has 1 aliphatic carbocycles. The molecular weight excluding hydrogens is 254 g/mol. The number of amides is 1. The fourth-order valence-electron chi connectivity index (χ4n) is 3.00. The molecule has 20 heavy (non-hydrogen) atoms. The molecule has 1 atom stereocenters. The average Bonchev–Trinajstić information content (AvgIpc) is 2.42. The summed E-state index contributed by atoms with van der Waals surface area (Å²) in [4.78, 5) is 22.6. The van der Waals surface area contributed by atoms with Crippen molar-refractivity contribution in [1.82, 2.24) is 5.32 Å². The van der Waals surface area contributed by atoms with Gasteiger partial charge in [0.2, 0.25) is 5.91 Å². The highest BCUT2D eigenvalue weighted by atomic mass is 16.4. The Hall–Kier alpha value is -1.06. The Bertz CT molecular complexity index is 309. The lowest BCUT2D eigenvalue weighted by atomic mass is 9.79. The molecule has 1 unspecified atom stereocenters. The monoisotopic (exact) mass is 283 g/mol. The predicted molar refractivity (Wildman–Crippen MR) is 79.4 cm³/mol. The molecule has 2 N–H and O–H groups in total. The topological polar surface area (TPSA) is 66.4 Å². The van der Waals surface area contributed by atoms with E-state index in [2.05, 4.69) is 12.2 Å². The van der Waals surface area contributed by atoms with Crippen molar-refractivity contribution in [2.75, 3.05) is 6.54 Å². The van der Waals surface area contributed by atoms with Crippen LogP contribution in [0.3, 0.4) is 0 Å². The van der Waals surface area contributed by atoms with E-state index < -0.39 is 5.97 Å². The summed E-state index contributed by atoms with van der Waals surface area (Å²) in [6.45, 7) is 4.55. The molecule has 0 radical (unpaired) electrons. The summed E-state index contributed by atoms with van der Waals surface area (Å²) in [5, 5.41) is 11.6. The molecule has 0 aromatic carbocycles. The SMILES string of the molecule is CCCCC1CCC(C(=O)NCC(C)CC(=O)O)CC1. The molecule has 0 bridgehead atoms. The van der Waals surface area contributed by atoms with Gasteiger partial charge in [-0.15, -0.1) is 0 Å². The molecule has 0 heterocycles. The fourth-order valence-corrected chi connectivity index (χ4v) is 3.00. The summed E-state index contributed by atoms with van der Waals surface area (Å²) in [5.41, 5.74) is 0. The second-order valence-electron chi connectivity index (χ2n) is 6.31. The molecule has 1 saturated carbocycles. The standard InChI is InChI=1S/C16H29NO3/c1-3-4-5-13-6-8-14(9-7-13)16(20)17-11-12(2)10-15(18)19/h12-14H,3-11H2,1-2H3,(H,17,20)(H,18,19). The van der Waals surface area contributed by atoms with Gasteiger partial charge in [0.15, 0.2) is 0 Å². The number of unbranched alkanes of at least 4 members (excludes halogenated alkanes) is 1. The first-order valence-electron chi connectivity index (χ1n) is 8.02. The van der Waals surface area contributed by atoms with Crippen LogP contribution in [0.2, 0.25) is 0 Å². The summed E-state index contributed by atoms with van der Waals surface area (Å²) < 4.78 is 0. The van der Waals surface area contributed by atoms with E-state index >= 15 is 0 Å². The minimum absolute atomic E-state index is 0.00246. The first-order valence-corrected chi connectivity index (χ1v) is 8.02. The lowest BCUT2D eigenvalue weighted by Crippen LogP contribution is -2.36. The van der Waals surface area contributed by atoms with Crippen LogP contribution < -0.4 is 5.32 Å². The number of carboxylic acid groups (broad SMARTS) is 1. The highest BCUT2D eigenvalue weighted by Gasteiger charge is 2.26. The molecule has 1 rings (SSSR count). The zero-order valence-electron chi connectivity index (χ0n) is 12.9. The number of carbonyl (C=O) groups is 2. The summed E-state index contributed by atoms with van der Waals surface area (Å²) in [6, 6.07) is 0. The quantitative estimate of drug-likeness (QED) is 0.719. The molecule has 1 aliphatic rings. The van der Waals surface area contributed by atoms with Crippen LogP contribution in [0.5, 0.6) is 0 Å². The minimum Gasteiger partial charge on any atom is -0.481 e. The molecule has 1 fully saturated rings. The molecule has 116 valence electrons. The van der Waals surface area contributed by atoms with E-state index in [0.717, 1.165) is 18.8 Å². The van der Waals surface area contributed by atoms with E-state index in [4.69, 9.17) is 5.11 Å². The molecule has 1 amide bonds. The number of carboxylic acids is 1. The van der Waals surface area contributed by atoms with Gasteiger partial charge in [0.1, 0.15) is 0 Å². The zero-order chi connectivity index (χ0) is 15.0. The van der Waals surface area contributed by atoms with Gasteiger partial charge in [0.25, 0.3) is 0 Å². The Morgan fingerprint density at radius 2 is 1.90 bits per heavy atom. The molecule has 4 nitrogen and oxygen atoms in total. The van der Waals surface area contributed by atoms with Gasteiger partial charge in [0.05, 0.1) is 0 Å². The molecular formula is C16H29NO3. The molecule has 0 aromatic rings. The Morgan fingerprint density at radius 3 is 2.45 bits per heavy atom. The van der Waals surface area contributed by atoms with Gasteiger partial charge in [-0.05, 0) is 37.5 Å². The second-order valence-corrected chi connectivity index (χ2v) is 6.31. The van der Waals surface area contributed by atoms with Gasteiger partial charge in [-0.2, -0.15) is 0 Å². The van der Waals surface area contributed by atoms with E-state index in [-0.39, 0.29) is 24.2 Å². The van der Waals surface area contributed by atoms with Crippen LogP contribution in [0.4, 0.5) is 0 Å². The predicted octanol–water partition coefficient (Wildman–Crippen LogP) is 3.21. The lowest BCUT2D eigenvalue weighted by molar-refractivity contribution is -0.138. The number of carbonyl (C=O) groups excluding carboxylic acids is 1. The number of hydrogen-bond donors (Lipinski definition) is 2. The van der Waals surface area contributed by atoms with Crippen LogP contribution in [0, 0.1) is 17.8 Å².